The zero-order valence-electron chi connectivity index (χ0n) is 32.7. The number of benzene rings is 9. The molecule has 0 aliphatic heterocycles. The van der Waals surface area contributed by atoms with Crippen molar-refractivity contribution in [1.82, 2.24) is 9.97 Å². The molecule has 1 spiro atoms. The first kappa shape index (κ1) is 34.2. The Morgan fingerprint density at radius 2 is 0.800 bits per heavy atom. The number of nitrogens with zero attached hydrogens (tertiary/aromatic N) is 3. The quantitative estimate of drug-likeness (QED) is 0.169. The first-order valence-corrected chi connectivity index (χ1v) is 20.6. The van der Waals surface area contributed by atoms with E-state index in [0.29, 0.717) is 5.82 Å². The minimum atomic E-state index is -0.509. The maximum Gasteiger partial charge on any atom is 0.160 e. The molecule has 0 atom stereocenters. The van der Waals surface area contributed by atoms with E-state index in [9.17, 15) is 0 Å². The largest absolute Gasteiger partial charge is 0.310 e. The smallest absolute Gasteiger partial charge is 0.160 e. The molecule has 2 aliphatic carbocycles. The van der Waals surface area contributed by atoms with Crippen LogP contribution in [0.5, 0.6) is 0 Å². The number of para-hydroxylation sites is 1. The summed E-state index contributed by atoms with van der Waals surface area (Å²) in [5, 5.41) is 1.04. The fraction of sp³-hybridized carbons (Fsp3) is 0.0175. The molecule has 0 fully saturated rings. The third-order valence-corrected chi connectivity index (χ3v) is 12.5. The van der Waals surface area contributed by atoms with Crippen molar-refractivity contribution in [2.75, 3.05) is 4.90 Å². The Morgan fingerprint density at radius 3 is 1.42 bits per heavy atom. The highest BCUT2D eigenvalue weighted by Crippen LogP contribution is 2.65. The molecule has 280 valence electrons. The van der Waals surface area contributed by atoms with Gasteiger partial charge >= 0.3 is 0 Å². The van der Waals surface area contributed by atoms with Crippen LogP contribution < -0.4 is 4.90 Å². The van der Waals surface area contributed by atoms with Crippen molar-refractivity contribution in [3.63, 3.8) is 0 Å². The molecule has 0 saturated heterocycles. The van der Waals surface area contributed by atoms with Gasteiger partial charge in [0.1, 0.15) is 0 Å². The third kappa shape index (κ3) is 5.09. The van der Waals surface area contributed by atoms with Crippen LogP contribution in [0.25, 0.3) is 66.9 Å². The lowest BCUT2D eigenvalue weighted by atomic mass is 9.70. The summed E-state index contributed by atoms with van der Waals surface area (Å²) in [5.74, 6) is 0.701. The molecular formula is C57H37N3. The summed E-state index contributed by atoms with van der Waals surface area (Å²) in [6.45, 7) is 0. The molecular weight excluding hydrogens is 727 g/mol. The van der Waals surface area contributed by atoms with E-state index < -0.39 is 5.41 Å². The Bertz CT molecular complexity index is 3180. The lowest BCUT2D eigenvalue weighted by molar-refractivity contribution is 0.793. The Balaban J connectivity index is 1.08. The Morgan fingerprint density at radius 1 is 0.333 bits per heavy atom. The monoisotopic (exact) mass is 763 g/mol. The first-order chi connectivity index (χ1) is 29.8. The van der Waals surface area contributed by atoms with Crippen LogP contribution in [0.3, 0.4) is 0 Å². The van der Waals surface area contributed by atoms with E-state index >= 15 is 0 Å². The van der Waals surface area contributed by atoms with Gasteiger partial charge in [-0.15, -0.1) is 0 Å². The van der Waals surface area contributed by atoms with Crippen molar-refractivity contribution in [2.24, 2.45) is 0 Å². The summed E-state index contributed by atoms with van der Waals surface area (Å²) in [5.41, 5.74) is 19.4. The lowest BCUT2D eigenvalue weighted by Gasteiger charge is -2.36. The van der Waals surface area contributed by atoms with Gasteiger partial charge in [0.25, 0.3) is 0 Å². The summed E-state index contributed by atoms with van der Waals surface area (Å²) in [7, 11) is 0. The molecule has 3 heteroatoms. The van der Waals surface area contributed by atoms with Crippen molar-refractivity contribution in [1.29, 1.82) is 0 Å². The number of anilines is 3. The molecule has 0 amide bonds. The SMILES string of the molecule is c1ccc(-c2ccc(N(c3ccc(-c4nc(-c5ccccc5)c5ccccc5n4)cc3)c3cccc4c3C3(c5ccccc5-c5ccccc53)c3ccccc3-4)cc2)cc1. The van der Waals surface area contributed by atoms with Crippen molar-refractivity contribution in [3.8, 4) is 56.0 Å². The van der Waals surface area contributed by atoms with Gasteiger partial charge < -0.3 is 4.90 Å². The van der Waals surface area contributed by atoms with Gasteiger partial charge in [-0.2, -0.15) is 0 Å². The normalized spacial score (nSPS) is 12.8. The van der Waals surface area contributed by atoms with Crippen LogP contribution in [-0.4, -0.2) is 9.97 Å². The number of hydrogen-bond donors (Lipinski definition) is 0. The topological polar surface area (TPSA) is 29.0 Å². The van der Waals surface area contributed by atoms with Gasteiger partial charge in [-0.05, 0) is 98.6 Å². The molecule has 1 heterocycles. The van der Waals surface area contributed by atoms with E-state index in [1.54, 1.807) is 0 Å². The fourth-order valence-electron chi connectivity index (χ4n) is 9.96. The summed E-state index contributed by atoms with van der Waals surface area (Å²) in [6.07, 6.45) is 0. The van der Waals surface area contributed by atoms with Gasteiger partial charge in [-0.1, -0.05) is 176 Å². The standard InChI is InChI=1S/C57H37N3/c1-3-16-38(17-4-1)39-30-34-42(35-31-39)60(43-36-32-41(33-37-43)56-58-52-28-14-10-23-48(52)55(59-56)40-18-5-2-6-19-40)53-29-15-24-47-46-22-9-13-27-51(46)57(54(47)53)49-25-11-7-20-44(49)45-21-8-12-26-50(45)57/h1-37H. The molecule has 2 aliphatic rings. The van der Waals surface area contributed by atoms with Gasteiger partial charge in [0.15, 0.2) is 5.82 Å². The van der Waals surface area contributed by atoms with Gasteiger partial charge in [0.2, 0.25) is 0 Å². The highest BCUT2D eigenvalue weighted by Gasteiger charge is 2.53. The molecule has 0 bridgehead atoms. The molecule has 3 nitrogen and oxygen atoms in total. The van der Waals surface area contributed by atoms with Gasteiger partial charge in [-0.25, -0.2) is 9.97 Å². The van der Waals surface area contributed by atoms with Crippen molar-refractivity contribution in [3.05, 3.63) is 247 Å². The second kappa shape index (κ2) is 13.6. The zero-order chi connectivity index (χ0) is 39.6. The molecule has 1 aromatic heterocycles. The van der Waals surface area contributed by atoms with E-state index in [1.165, 1.54) is 55.6 Å². The minimum absolute atomic E-state index is 0.509. The molecule has 9 aromatic carbocycles. The summed E-state index contributed by atoms with van der Waals surface area (Å²) in [4.78, 5) is 12.8. The van der Waals surface area contributed by atoms with Crippen LogP contribution in [0.1, 0.15) is 22.3 Å². The minimum Gasteiger partial charge on any atom is -0.310 e. The van der Waals surface area contributed by atoms with E-state index in [0.717, 1.165) is 44.8 Å². The fourth-order valence-corrected chi connectivity index (χ4v) is 9.96. The molecule has 10 aromatic rings. The van der Waals surface area contributed by atoms with E-state index in [1.807, 2.05) is 12.1 Å². The van der Waals surface area contributed by atoms with Crippen LogP contribution in [0.15, 0.2) is 224 Å². The van der Waals surface area contributed by atoms with E-state index in [4.69, 9.17) is 9.97 Å². The highest BCUT2D eigenvalue weighted by atomic mass is 15.1. The lowest BCUT2D eigenvalue weighted by Crippen LogP contribution is -2.28. The maximum absolute atomic E-state index is 5.21. The van der Waals surface area contributed by atoms with Crippen LogP contribution in [0.2, 0.25) is 0 Å². The van der Waals surface area contributed by atoms with Crippen molar-refractivity contribution >= 4 is 28.0 Å². The number of fused-ring (bicyclic) bond motifs is 11. The average molecular weight is 764 g/mol. The Hall–Kier alpha value is -7.88. The van der Waals surface area contributed by atoms with Crippen molar-refractivity contribution < 1.29 is 0 Å². The molecule has 0 saturated carbocycles. The van der Waals surface area contributed by atoms with Crippen LogP contribution >= 0.6 is 0 Å². The van der Waals surface area contributed by atoms with E-state index in [2.05, 4.69) is 217 Å². The van der Waals surface area contributed by atoms with Crippen LogP contribution in [0, 0.1) is 0 Å². The number of hydrogen-bond acceptors (Lipinski definition) is 3. The predicted octanol–water partition coefficient (Wildman–Crippen LogP) is 14.4. The number of rotatable bonds is 6. The van der Waals surface area contributed by atoms with E-state index in [-0.39, 0.29) is 0 Å². The molecule has 0 radical (unpaired) electrons. The first-order valence-electron chi connectivity index (χ1n) is 20.6. The molecule has 0 N–H and O–H groups in total. The predicted molar refractivity (Wildman–Crippen MR) is 247 cm³/mol. The van der Waals surface area contributed by atoms with Crippen LogP contribution in [-0.2, 0) is 5.41 Å². The maximum atomic E-state index is 5.21. The zero-order valence-corrected chi connectivity index (χ0v) is 32.7. The second-order valence-electron chi connectivity index (χ2n) is 15.7. The number of aromatic nitrogens is 2. The summed E-state index contributed by atoms with van der Waals surface area (Å²) >= 11 is 0. The Kier molecular flexibility index (Phi) is 7.76. The van der Waals surface area contributed by atoms with Gasteiger partial charge in [0.05, 0.1) is 22.3 Å². The van der Waals surface area contributed by atoms with Gasteiger partial charge in [0, 0.05) is 33.5 Å². The molecule has 60 heavy (non-hydrogen) atoms. The Labute approximate surface area is 349 Å². The summed E-state index contributed by atoms with van der Waals surface area (Å²) < 4.78 is 0. The van der Waals surface area contributed by atoms with Crippen molar-refractivity contribution in [2.45, 2.75) is 5.41 Å². The molecule has 0 unspecified atom stereocenters. The second-order valence-corrected chi connectivity index (χ2v) is 15.7. The van der Waals surface area contributed by atoms with Crippen LogP contribution in [0.4, 0.5) is 17.1 Å². The third-order valence-electron chi connectivity index (χ3n) is 12.5. The highest BCUT2D eigenvalue weighted by molar-refractivity contribution is 6.00. The molecule has 12 rings (SSSR count). The van der Waals surface area contributed by atoms with Gasteiger partial charge in [-0.3, -0.25) is 0 Å². The summed E-state index contributed by atoms with van der Waals surface area (Å²) in [6, 6.07) is 81.0. The average Bonchev–Trinajstić information content (AvgIpc) is 3.80.